The predicted molar refractivity (Wildman–Crippen MR) is 70.6 cm³/mol. The maximum Gasteiger partial charge on any atom is 0.340 e. The maximum absolute atomic E-state index is 11.6. The Kier molecular flexibility index (Phi) is 3.69. The number of anilines is 2. The van der Waals surface area contributed by atoms with Gasteiger partial charge in [0.15, 0.2) is 0 Å². The number of methoxy groups -OCH3 is 1. The molecule has 0 aliphatic heterocycles. The van der Waals surface area contributed by atoms with Gasteiger partial charge in [0.25, 0.3) is 0 Å². The quantitative estimate of drug-likeness (QED) is 0.828. The van der Waals surface area contributed by atoms with E-state index in [1.54, 1.807) is 6.07 Å². The highest BCUT2D eigenvalue weighted by Crippen LogP contribution is 2.27. The van der Waals surface area contributed by atoms with Crippen molar-refractivity contribution in [3.8, 4) is 0 Å². The highest BCUT2D eigenvalue weighted by Gasteiger charge is 2.22. The molecule has 0 saturated heterocycles. The molecule has 98 valence electrons. The molecule has 0 aromatic carbocycles. The minimum Gasteiger partial charge on any atom is -0.465 e. The molecule has 0 amide bonds. The van der Waals surface area contributed by atoms with Crippen LogP contribution in [0.4, 0.5) is 11.5 Å². The number of nitrogens with two attached hydrogens (primary N) is 1. The van der Waals surface area contributed by atoms with Crippen LogP contribution in [-0.4, -0.2) is 31.2 Å². The molecule has 1 aromatic rings. The van der Waals surface area contributed by atoms with Gasteiger partial charge in [-0.25, -0.2) is 9.78 Å². The van der Waals surface area contributed by atoms with Gasteiger partial charge in [-0.1, -0.05) is 12.8 Å². The monoisotopic (exact) mass is 249 g/mol. The molecular weight excluding hydrogens is 230 g/mol. The predicted octanol–water partition coefficient (Wildman–Crippen LogP) is 1.83. The van der Waals surface area contributed by atoms with Crippen LogP contribution in [0.3, 0.4) is 0 Å². The average molecular weight is 249 g/mol. The van der Waals surface area contributed by atoms with Crippen molar-refractivity contribution in [2.75, 3.05) is 24.8 Å². The van der Waals surface area contributed by atoms with Gasteiger partial charge >= 0.3 is 5.97 Å². The molecule has 1 aliphatic rings. The van der Waals surface area contributed by atoms with Crippen molar-refractivity contribution in [1.82, 2.24) is 4.98 Å². The van der Waals surface area contributed by atoms with Gasteiger partial charge in [-0.2, -0.15) is 0 Å². The van der Waals surface area contributed by atoms with Crippen LogP contribution in [-0.2, 0) is 4.74 Å². The van der Waals surface area contributed by atoms with E-state index < -0.39 is 5.97 Å². The smallest absolute Gasteiger partial charge is 0.340 e. The standard InChI is InChI=1S/C13H19N3O2/c1-16(9-5-3-4-6-9)12-7-10(13(17)18-2)11(14)8-15-12/h7-9H,3-6,14H2,1-2H3. The van der Waals surface area contributed by atoms with E-state index in [0.29, 0.717) is 17.3 Å². The molecule has 0 unspecified atom stereocenters. The molecule has 1 fully saturated rings. The summed E-state index contributed by atoms with van der Waals surface area (Å²) in [6, 6.07) is 2.21. The van der Waals surface area contributed by atoms with E-state index in [9.17, 15) is 4.79 Å². The van der Waals surface area contributed by atoms with Gasteiger partial charge in [-0.15, -0.1) is 0 Å². The van der Waals surface area contributed by atoms with Crippen LogP contribution in [0.25, 0.3) is 0 Å². The zero-order chi connectivity index (χ0) is 13.1. The summed E-state index contributed by atoms with van der Waals surface area (Å²) in [6.45, 7) is 0. The summed E-state index contributed by atoms with van der Waals surface area (Å²) in [6.07, 6.45) is 6.39. The molecule has 18 heavy (non-hydrogen) atoms. The first kappa shape index (κ1) is 12.7. The van der Waals surface area contributed by atoms with Crippen molar-refractivity contribution < 1.29 is 9.53 Å². The van der Waals surface area contributed by atoms with Crippen molar-refractivity contribution in [3.05, 3.63) is 17.8 Å². The second-order valence-electron chi connectivity index (χ2n) is 4.67. The summed E-state index contributed by atoms with van der Waals surface area (Å²) in [7, 11) is 3.36. The second kappa shape index (κ2) is 5.25. The summed E-state index contributed by atoms with van der Waals surface area (Å²) in [5, 5.41) is 0. The number of hydrogen-bond acceptors (Lipinski definition) is 5. The lowest BCUT2D eigenvalue weighted by Crippen LogP contribution is -2.29. The minimum atomic E-state index is -0.420. The third kappa shape index (κ3) is 2.39. The number of rotatable bonds is 3. The fraction of sp³-hybridized carbons (Fsp3) is 0.538. The number of hydrogen-bond donors (Lipinski definition) is 1. The zero-order valence-electron chi connectivity index (χ0n) is 10.8. The van der Waals surface area contributed by atoms with Crippen LogP contribution >= 0.6 is 0 Å². The second-order valence-corrected chi connectivity index (χ2v) is 4.67. The lowest BCUT2D eigenvalue weighted by Gasteiger charge is -2.25. The number of nitrogens with zero attached hydrogens (tertiary/aromatic N) is 2. The summed E-state index contributed by atoms with van der Waals surface area (Å²) < 4.78 is 4.71. The Hall–Kier alpha value is -1.78. The Morgan fingerprint density at radius 3 is 2.78 bits per heavy atom. The lowest BCUT2D eigenvalue weighted by atomic mass is 10.2. The van der Waals surface area contributed by atoms with Gasteiger partial charge in [0.2, 0.25) is 0 Å². The number of nitrogen functional groups attached to an aromatic ring is 1. The highest BCUT2D eigenvalue weighted by molar-refractivity contribution is 5.95. The van der Waals surface area contributed by atoms with E-state index >= 15 is 0 Å². The van der Waals surface area contributed by atoms with E-state index in [4.69, 9.17) is 10.5 Å². The third-order valence-corrected chi connectivity index (χ3v) is 3.56. The zero-order valence-corrected chi connectivity index (χ0v) is 10.8. The minimum absolute atomic E-state index is 0.352. The molecule has 1 heterocycles. The molecule has 1 aromatic heterocycles. The van der Waals surface area contributed by atoms with Crippen molar-refractivity contribution in [2.24, 2.45) is 0 Å². The Morgan fingerprint density at radius 2 is 2.17 bits per heavy atom. The largest absolute Gasteiger partial charge is 0.465 e. The normalized spacial score (nSPS) is 15.7. The molecule has 2 rings (SSSR count). The van der Waals surface area contributed by atoms with Gasteiger partial charge in [0, 0.05) is 13.1 Å². The summed E-state index contributed by atoms with van der Waals surface area (Å²) in [5.41, 5.74) is 6.47. The van der Waals surface area contributed by atoms with Crippen LogP contribution < -0.4 is 10.6 Å². The number of ether oxygens (including phenoxy) is 1. The average Bonchev–Trinajstić information content (AvgIpc) is 2.91. The molecular formula is C13H19N3O2. The molecule has 0 spiro atoms. The number of carbonyl (C=O) groups is 1. The molecule has 1 aliphatic carbocycles. The maximum atomic E-state index is 11.6. The molecule has 5 nitrogen and oxygen atoms in total. The van der Waals surface area contributed by atoms with E-state index in [0.717, 1.165) is 5.82 Å². The first-order chi connectivity index (χ1) is 8.63. The van der Waals surface area contributed by atoms with Crippen LogP contribution in [0.5, 0.6) is 0 Å². The fourth-order valence-electron chi connectivity index (χ4n) is 2.41. The lowest BCUT2D eigenvalue weighted by molar-refractivity contribution is 0.0602. The van der Waals surface area contributed by atoms with Gasteiger partial charge in [-0.3, -0.25) is 0 Å². The van der Waals surface area contributed by atoms with Crippen molar-refractivity contribution in [1.29, 1.82) is 0 Å². The Balaban J connectivity index is 2.25. The van der Waals surface area contributed by atoms with E-state index in [1.165, 1.54) is 39.0 Å². The Bertz CT molecular complexity index is 442. The third-order valence-electron chi connectivity index (χ3n) is 3.56. The Morgan fingerprint density at radius 1 is 1.50 bits per heavy atom. The van der Waals surface area contributed by atoms with Crippen LogP contribution in [0.15, 0.2) is 12.3 Å². The fourth-order valence-corrected chi connectivity index (χ4v) is 2.41. The van der Waals surface area contributed by atoms with Crippen molar-refractivity contribution >= 4 is 17.5 Å². The Labute approximate surface area is 107 Å². The van der Waals surface area contributed by atoms with Crippen molar-refractivity contribution in [2.45, 2.75) is 31.7 Å². The molecule has 1 saturated carbocycles. The van der Waals surface area contributed by atoms with Crippen molar-refractivity contribution in [3.63, 3.8) is 0 Å². The van der Waals surface area contributed by atoms with E-state index in [-0.39, 0.29) is 0 Å². The number of pyridine rings is 1. The SMILES string of the molecule is COC(=O)c1cc(N(C)C2CCCC2)ncc1N. The van der Waals surface area contributed by atoms with Gasteiger partial charge in [0.1, 0.15) is 5.82 Å². The molecule has 2 N–H and O–H groups in total. The van der Waals surface area contributed by atoms with Gasteiger partial charge in [0.05, 0.1) is 24.6 Å². The van der Waals surface area contributed by atoms with Gasteiger partial charge < -0.3 is 15.4 Å². The highest BCUT2D eigenvalue weighted by atomic mass is 16.5. The summed E-state index contributed by atoms with van der Waals surface area (Å²) in [4.78, 5) is 18.0. The summed E-state index contributed by atoms with van der Waals surface area (Å²) >= 11 is 0. The van der Waals surface area contributed by atoms with Crippen LogP contribution in [0, 0.1) is 0 Å². The number of aromatic nitrogens is 1. The van der Waals surface area contributed by atoms with E-state index in [2.05, 4.69) is 9.88 Å². The van der Waals surface area contributed by atoms with Crippen LogP contribution in [0.2, 0.25) is 0 Å². The number of esters is 1. The number of carbonyl (C=O) groups excluding carboxylic acids is 1. The molecule has 0 bridgehead atoms. The molecule has 0 radical (unpaired) electrons. The molecule has 5 heteroatoms. The first-order valence-corrected chi connectivity index (χ1v) is 6.20. The topological polar surface area (TPSA) is 68.5 Å². The first-order valence-electron chi connectivity index (χ1n) is 6.20. The summed E-state index contributed by atoms with van der Waals surface area (Å²) in [5.74, 6) is 0.354. The van der Waals surface area contributed by atoms with Gasteiger partial charge in [-0.05, 0) is 18.9 Å². The molecule has 0 atom stereocenters. The van der Waals surface area contributed by atoms with E-state index in [1.807, 2.05) is 7.05 Å². The van der Waals surface area contributed by atoms with Crippen LogP contribution in [0.1, 0.15) is 36.0 Å².